The van der Waals surface area contributed by atoms with Crippen molar-refractivity contribution in [2.24, 2.45) is 0 Å². The first-order chi connectivity index (χ1) is 7.60. The topological polar surface area (TPSA) is 46.5 Å². The van der Waals surface area contributed by atoms with E-state index in [4.69, 9.17) is 16.7 Å². The molecule has 4 heteroatoms. The van der Waals surface area contributed by atoms with Gasteiger partial charge in [-0.3, -0.25) is 0 Å². The molecule has 0 aliphatic heterocycles. The molecule has 0 amide bonds. The summed E-state index contributed by atoms with van der Waals surface area (Å²) in [4.78, 5) is 11.5. The zero-order valence-corrected chi connectivity index (χ0v) is 9.91. The van der Waals surface area contributed by atoms with Crippen LogP contribution in [-0.4, -0.2) is 24.8 Å². The normalized spacial score (nSPS) is 11.4. The van der Waals surface area contributed by atoms with E-state index in [1.54, 1.807) is 24.3 Å². The van der Waals surface area contributed by atoms with Gasteiger partial charge < -0.3 is 9.84 Å². The molecular formula is C12H13ClO3. The van der Waals surface area contributed by atoms with Crippen molar-refractivity contribution < 1.29 is 14.6 Å². The third-order valence-electron chi connectivity index (χ3n) is 2.21. The molecule has 3 nitrogen and oxygen atoms in total. The second kappa shape index (κ2) is 5.68. The Balaban J connectivity index is 3.28. The summed E-state index contributed by atoms with van der Waals surface area (Å²) in [5, 5.41) is 9.29. The maximum Gasteiger partial charge on any atom is 0.338 e. The van der Waals surface area contributed by atoms with Crippen molar-refractivity contribution >= 4 is 23.1 Å². The minimum Gasteiger partial charge on any atom is -0.465 e. The van der Waals surface area contributed by atoms with E-state index in [1.807, 2.05) is 6.92 Å². The van der Waals surface area contributed by atoms with Gasteiger partial charge in [0, 0.05) is 5.02 Å². The van der Waals surface area contributed by atoms with Gasteiger partial charge in [0.25, 0.3) is 0 Å². The van der Waals surface area contributed by atoms with E-state index in [1.165, 1.54) is 7.11 Å². The van der Waals surface area contributed by atoms with Crippen molar-refractivity contribution in [1.29, 1.82) is 0 Å². The highest BCUT2D eigenvalue weighted by atomic mass is 35.5. The second-order valence-electron chi connectivity index (χ2n) is 3.25. The molecule has 0 heterocycles. The van der Waals surface area contributed by atoms with Crippen molar-refractivity contribution in [1.82, 2.24) is 0 Å². The van der Waals surface area contributed by atoms with Gasteiger partial charge in [0.1, 0.15) is 0 Å². The Morgan fingerprint density at radius 3 is 2.75 bits per heavy atom. The van der Waals surface area contributed by atoms with Crippen molar-refractivity contribution in [2.45, 2.75) is 6.92 Å². The Morgan fingerprint density at radius 1 is 1.50 bits per heavy atom. The van der Waals surface area contributed by atoms with E-state index >= 15 is 0 Å². The van der Waals surface area contributed by atoms with Crippen LogP contribution in [-0.2, 0) is 4.74 Å². The van der Waals surface area contributed by atoms with Crippen molar-refractivity contribution in [2.75, 3.05) is 13.7 Å². The zero-order valence-electron chi connectivity index (χ0n) is 9.16. The molecule has 16 heavy (non-hydrogen) atoms. The summed E-state index contributed by atoms with van der Waals surface area (Å²) in [5.74, 6) is -0.441. The molecule has 0 aliphatic carbocycles. The molecular weight excluding hydrogens is 228 g/mol. The van der Waals surface area contributed by atoms with Crippen molar-refractivity contribution in [3.05, 3.63) is 40.4 Å². The van der Waals surface area contributed by atoms with Crippen LogP contribution < -0.4 is 0 Å². The molecule has 0 atom stereocenters. The van der Waals surface area contributed by atoms with Crippen LogP contribution in [0.25, 0.3) is 5.57 Å². The number of allylic oxidation sites excluding steroid dienone is 1. The zero-order chi connectivity index (χ0) is 12.1. The summed E-state index contributed by atoms with van der Waals surface area (Å²) in [5.41, 5.74) is 1.92. The summed E-state index contributed by atoms with van der Waals surface area (Å²) in [6.45, 7) is 1.74. The lowest BCUT2D eigenvalue weighted by molar-refractivity contribution is 0.0600. The third kappa shape index (κ3) is 2.84. The smallest absolute Gasteiger partial charge is 0.338 e. The summed E-state index contributed by atoms with van der Waals surface area (Å²) in [6, 6.07) is 4.98. The summed E-state index contributed by atoms with van der Waals surface area (Å²) >= 11 is 5.82. The van der Waals surface area contributed by atoms with Crippen LogP contribution in [0.3, 0.4) is 0 Å². The lowest BCUT2D eigenvalue weighted by atomic mass is 10.0. The Hall–Kier alpha value is -1.32. The van der Waals surface area contributed by atoms with Crippen LogP contribution >= 0.6 is 11.6 Å². The Bertz CT molecular complexity index is 424. The predicted molar refractivity (Wildman–Crippen MR) is 63.5 cm³/mol. The van der Waals surface area contributed by atoms with Crippen LogP contribution in [0.4, 0.5) is 0 Å². The van der Waals surface area contributed by atoms with Gasteiger partial charge in [-0.25, -0.2) is 4.79 Å². The molecule has 86 valence electrons. The molecule has 0 aromatic heterocycles. The maximum absolute atomic E-state index is 11.5. The standard InChI is InChI=1S/C12H13ClO3/c1-8(5-6-14)10-4-3-9(13)7-11(10)12(15)16-2/h3-5,7,14H,6H2,1-2H3/b8-5+. The Morgan fingerprint density at radius 2 is 2.19 bits per heavy atom. The number of methoxy groups -OCH3 is 1. The number of carbonyl (C=O) groups excluding carboxylic acids is 1. The quantitative estimate of drug-likeness (QED) is 0.826. The van der Waals surface area contributed by atoms with Gasteiger partial charge in [0.05, 0.1) is 19.3 Å². The van der Waals surface area contributed by atoms with Crippen LogP contribution in [0.15, 0.2) is 24.3 Å². The van der Waals surface area contributed by atoms with E-state index in [9.17, 15) is 4.79 Å². The minimum absolute atomic E-state index is 0.0743. The Kier molecular flexibility index (Phi) is 4.52. The van der Waals surface area contributed by atoms with Crippen LogP contribution in [0.1, 0.15) is 22.8 Å². The highest BCUT2D eigenvalue weighted by Gasteiger charge is 2.13. The van der Waals surface area contributed by atoms with Crippen molar-refractivity contribution in [3.8, 4) is 0 Å². The van der Waals surface area contributed by atoms with Crippen LogP contribution in [0.2, 0.25) is 5.02 Å². The van der Waals surface area contributed by atoms with Gasteiger partial charge in [-0.15, -0.1) is 0 Å². The number of ether oxygens (including phenoxy) is 1. The number of benzene rings is 1. The van der Waals surface area contributed by atoms with Crippen LogP contribution in [0.5, 0.6) is 0 Å². The molecule has 0 radical (unpaired) electrons. The molecule has 1 rings (SSSR count). The predicted octanol–water partition coefficient (Wildman–Crippen LogP) is 2.52. The fraction of sp³-hybridized carbons (Fsp3) is 0.250. The van der Waals surface area contributed by atoms with Gasteiger partial charge in [-0.1, -0.05) is 23.7 Å². The third-order valence-corrected chi connectivity index (χ3v) is 2.44. The minimum atomic E-state index is -0.441. The second-order valence-corrected chi connectivity index (χ2v) is 3.69. The van der Waals surface area contributed by atoms with Crippen molar-refractivity contribution in [3.63, 3.8) is 0 Å². The summed E-state index contributed by atoms with van der Waals surface area (Å²) < 4.78 is 4.67. The van der Waals surface area contributed by atoms with Gasteiger partial charge in [-0.05, 0) is 30.2 Å². The number of carbonyl (C=O) groups is 1. The molecule has 0 spiro atoms. The first-order valence-electron chi connectivity index (χ1n) is 4.76. The lowest BCUT2D eigenvalue weighted by Crippen LogP contribution is -2.05. The molecule has 1 aromatic carbocycles. The number of aliphatic hydroxyl groups is 1. The monoisotopic (exact) mass is 240 g/mol. The summed E-state index contributed by atoms with van der Waals surface area (Å²) in [6.07, 6.45) is 1.62. The molecule has 0 fully saturated rings. The summed E-state index contributed by atoms with van der Waals surface area (Å²) in [7, 11) is 1.32. The average Bonchev–Trinajstić information content (AvgIpc) is 2.28. The molecule has 0 saturated carbocycles. The highest BCUT2D eigenvalue weighted by Crippen LogP contribution is 2.23. The lowest BCUT2D eigenvalue weighted by Gasteiger charge is -2.08. The molecule has 0 saturated heterocycles. The van der Waals surface area contributed by atoms with E-state index in [0.717, 1.165) is 5.57 Å². The largest absolute Gasteiger partial charge is 0.465 e. The van der Waals surface area contributed by atoms with E-state index < -0.39 is 5.97 Å². The maximum atomic E-state index is 11.5. The molecule has 0 bridgehead atoms. The van der Waals surface area contributed by atoms with E-state index in [-0.39, 0.29) is 6.61 Å². The molecule has 1 aromatic rings. The number of esters is 1. The number of hydrogen-bond acceptors (Lipinski definition) is 3. The molecule has 1 N–H and O–H groups in total. The average molecular weight is 241 g/mol. The van der Waals surface area contributed by atoms with Gasteiger partial charge in [0.15, 0.2) is 0 Å². The van der Waals surface area contributed by atoms with E-state index in [2.05, 4.69) is 4.74 Å². The molecule has 0 unspecified atom stereocenters. The fourth-order valence-electron chi connectivity index (χ4n) is 1.39. The first kappa shape index (κ1) is 12.7. The SMILES string of the molecule is COC(=O)c1cc(Cl)ccc1/C(C)=C/CO. The number of rotatable bonds is 3. The van der Waals surface area contributed by atoms with Gasteiger partial charge in [-0.2, -0.15) is 0 Å². The highest BCUT2D eigenvalue weighted by molar-refractivity contribution is 6.31. The number of hydrogen-bond donors (Lipinski definition) is 1. The van der Waals surface area contributed by atoms with Gasteiger partial charge >= 0.3 is 5.97 Å². The fourth-order valence-corrected chi connectivity index (χ4v) is 1.56. The number of halogens is 1. The van der Waals surface area contributed by atoms with E-state index in [0.29, 0.717) is 16.1 Å². The van der Waals surface area contributed by atoms with Crippen LogP contribution in [0, 0.1) is 0 Å². The number of aliphatic hydroxyl groups excluding tert-OH is 1. The van der Waals surface area contributed by atoms with Gasteiger partial charge in [0.2, 0.25) is 0 Å². The Labute approximate surface area is 99.3 Å². The molecule has 0 aliphatic rings. The first-order valence-corrected chi connectivity index (χ1v) is 5.13.